The number of carbonyl (C=O) groups excluding carboxylic acids is 1. The van der Waals surface area contributed by atoms with Crippen LogP contribution >= 0.6 is 31.9 Å². The Kier molecular flexibility index (Phi) is 4.92. The van der Waals surface area contributed by atoms with Gasteiger partial charge in [0.05, 0.1) is 5.69 Å². The molecule has 0 saturated heterocycles. The molecule has 0 aromatic carbocycles. The first-order valence-corrected chi connectivity index (χ1v) is 6.79. The Morgan fingerprint density at radius 3 is 2.50 bits per heavy atom. The molecule has 0 N–H and O–H groups in total. The normalized spacial score (nSPS) is 10.9. The molecule has 0 radical (unpaired) electrons. The van der Waals surface area contributed by atoms with Crippen molar-refractivity contribution in [3.05, 3.63) is 23.9 Å². The summed E-state index contributed by atoms with van der Waals surface area (Å²) in [5, 5.41) is 0. The van der Waals surface area contributed by atoms with Gasteiger partial charge in [0.25, 0.3) is 0 Å². The van der Waals surface area contributed by atoms with Gasteiger partial charge in [-0.25, -0.2) is 4.98 Å². The number of amides is 1. The molecule has 0 aliphatic carbocycles. The van der Waals surface area contributed by atoms with Gasteiger partial charge in [-0.1, -0.05) is 51.8 Å². The van der Waals surface area contributed by atoms with Gasteiger partial charge in [0.1, 0.15) is 9.55 Å². The van der Waals surface area contributed by atoms with Crippen molar-refractivity contribution >= 4 is 43.6 Å². The number of halogens is 2. The molecule has 1 aromatic rings. The summed E-state index contributed by atoms with van der Waals surface area (Å²) >= 11 is 6.76. The van der Waals surface area contributed by atoms with Crippen molar-refractivity contribution in [2.45, 2.75) is 17.6 Å². The topological polar surface area (TPSA) is 33.2 Å². The van der Waals surface area contributed by atoms with E-state index in [0.29, 0.717) is 5.82 Å². The number of anilines is 1. The van der Waals surface area contributed by atoms with E-state index in [1.807, 2.05) is 32.0 Å². The average Bonchev–Trinajstić information content (AvgIpc) is 2.27. The Hall–Kier alpha value is -0.420. The van der Waals surface area contributed by atoms with Gasteiger partial charge in [-0.3, -0.25) is 9.69 Å². The highest BCUT2D eigenvalue weighted by atomic mass is 79.9. The van der Waals surface area contributed by atoms with Gasteiger partial charge in [0.15, 0.2) is 0 Å². The van der Waals surface area contributed by atoms with Crippen molar-refractivity contribution in [1.29, 1.82) is 0 Å². The van der Waals surface area contributed by atoms with Crippen LogP contribution in [0.25, 0.3) is 0 Å². The Labute approximate surface area is 112 Å². The van der Waals surface area contributed by atoms with E-state index in [2.05, 4.69) is 36.8 Å². The molecular formula is C11H14Br2N2O. The number of rotatable bonds is 3. The van der Waals surface area contributed by atoms with Crippen molar-refractivity contribution in [1.82, 2.24) is 4.98 Å². The third kappa shape index (κ3) is 3.28. The lowest BCUT2D eigenvalue weighted by atomic mass is 10.2. The maximum Gasteiger partial charge on any atom is 0.230 e. The van der Waals surface area contributed by atoms with Crippen LogP contribution in [0.5, 0.6) is 0 Å². The second kappa shape index (κ2) is 5.77. The minimum absolute atomic E-state index is 0.00232. The average molecular weight is 350 g/mol. The fourth-order valence-corrected chi connectivity index (χ4v) is 1.76. The van der Waals surface area contributed by atoms with Crippen LogP contribution in [-0.4, -0.2) is 17.9 Å². The van der Waals surface area contributed by atoms with Crippen LogP contribution in [0.3, 0.4) is 0 Å². The SMILES string of the molecule is CC(C)C(=O)N(C)c1cccc(C(Br)Br)n1. The molecule has 3 nitrogen and oxygen atoms in total. The minimum atomic E-state index is -0.0285. The Balaban J connectivity index is 2.96. The number of aromatic nitrogens is 1. The maximum absolute atomic E-state index is 11.8. The van der Waals surface area contributed by atoms with Gasteiger partial charge in [0, 0.05) is 13.0 Å². The van der Waals surface area contributed by atoms with Gasteiger partial charge >= 0.3 is 0 Å². The standard InChI is InChI=1S/C11H14Br2N2O/c1-7(2)11(16)15(3)9-6-4-5-8(14-9)10(12)13/h4-7,10H,1-3H3. The van der Waals surface area contributed by atoms with E-state index in [1.165, 1.54) is 0 Å². The Morgan fingerprint density at radius 2 is 2.00 bits per heavy atom. The third-order valence-corrected chi connectivity index (χ3v) is 3.09. The molecule has 1 aromatic heterocycles. The van der Waals surface area contributed by atoms with Crippen molar-refractivity contribution in [2.24, 2.45) is 5.92 Å². The number of hydrogen-bond acceptors (Lipinski definition) is 2. The number of alkyl halides is 2. The highest BCUT2D eigenvalue weighted by Crippen LogP contribution is 2.28. The zero-order valence-electron chi connectivity index (χ0n) is 9.45. The van der Waals surface area contributed by atoms with Crippen molar-refractivity contribution in [2.75, 3.05) is 11.9 Å². The lowest BCUT2D eigenvalue weighted by molar-refractivity contribution is -0.121. The Morgan fingerprint density at radius 1 is 1.38 bits per heavy atom. The van der Waals surface area contributed by atoms with Gasteiger partial charge < -0.3 is 0 Å². The van der Waals surface area contributed by atoms with E-state index < -0.39 is 0 Å². The zero-order valence-corrected chi connectivity index (χ0v) is 12.6. The van der Waals surface area contributed by atoms with Gasteiger partial charge in [-0.2, -0.15) is 0 Å². The quantitative estimate of drug-likeness (QED) is 0.782. The highest BCUT2D eigenvalue weighted by molar-refractivity contribution is 9.24. The first kappa shape index (κ1) is 13.6. The fraction of sp³-hybridized carbons (Fsp3) is 0.455. The number of nitrogens with zero attached hydrogens (tertiary/aromatic N) is 2. The molecule has 0 bridgehead atoms. The summed E-state index contributed by atoms with van der Waals surface area (Å²) in [4.78, 5) is 17.8. The molecule has 0 atom stereocenters. The van der Waals surface area contributed by atoms with Crippen LogP contribution in [0.4, 0.5) is 5.82 Å². The van der Waals surface area contributed by atoms with Crippen molar-refractivity contribution in [3.8, 4) is 0 Å². The summed E-state index contributed by atoms with van der Waals surface area (Å²) in [6.45, 7) is 3.75. The molecule has 1 rings (SSSR count). The third-order valence-electron chi connectivity index (χ3n) is 2.15. The summed E-state index contributed by atoms with van der Waals surface area (Å²) in [6, 6.07) is 5.61. The second-order valence-corrected chi connectivity index (χ2v) is 6.83. The number of carbonyl (C=O) groups is 1. The lowest BCUT2D eigenvalue weighted by Crippen LogP contribution is -2.31. The molecule has 0 saturated carbocycles. The van der Waals surface area contributed by atoms with Crippen LogP contribution in [0.15, 0.2) is 18.2 Å². The van der Waals surface area contributed by atoms with Crippen molar-refractivity contribution in [3.63, 3.8) is 0 Å². The predicted octanol–water partition coefficient (Wildman–Crippen LogP) is 3.49. The lowest BCUT2D eigenvalue weighted by Gasteiger charge is -2.19. The van der Waals surface area contributed by atoms with Gasteiger partial charge in [-0.05, 0) is 12.1 Å². The van der Waals surface area contributed by atoms with E-state index in [9.17, 15) is 4.79 Å². The Bertz CT molecular complexity index is 380. The van der Waals surface area contributed by atoms with Gasteiger partial charge in [0.2, 0.25) is 5.91 Å². The molecule has 16 heavy (non-hydrogen) atoms. The summed E-state index contributed by atoms with van der Waals surface area (Å²) in [5.74, 6) is 0.699. The van der Waals surface area contributed by atoms with Crippen LogP contribution in [-0.2, 0) is 4.79 Å². The zero-order chi connectivity index (χ0) is 12.3. The van der Waals surface area contributed by atoms with Crippen LogP contribution in [0, 0.1) is 5.92 Å². The summed E-state index contributed by atoms with van der Waals surface area (Å²) in [7, 11) is 1.74. The van der Waals surface area contributed by atoms with E-state index in [4.69, 9.17) is 0 Å². The largest absolute Gasteiger partial charge is 0.300 e. The van der Waals surface area contributed by atoms with Crippen LogP contribution in [0.1, 0.15) is 23.3 Å². The smallest absolute Gasteiger partial charge is 0.230 e. The first-order valence-electron chi connectivity index (χ1n) is 4.96. The summed E-state index contributed by atoms with van der Waals surface area (Å²) < 4.78 is 0.00232. The summed E-state index contributed by atoms with van der Waals surface area (Å²) in [6.07, 6.45) is 0. The predicted molar refractivity (Wildman–Crippen MR) is 73.1 cm³/mol. The molecule has 88 valence electrons. The fourth-order valence-electron chi connectivity index (χ4n) is 1.25. The van der Waals surface area contributed by atoms with Gasteiger partial charge in [-0.15, -0.1) is 0 Å². The van der Waals surface area contributed by atoms with E-state index in [-0.39, 0.29) is 15.6 Å². The maximum atomic E-state index is 11.8. The minimum Gasteiger partial charge on any atom is -0.300 e. The van der Waals surface area contributed by atoms with E-state index in [0.717, 1.165) is 5.69 Å². The molecular weight excluding hydrogens is 336 g/mol. The molecule has 0 spiro atoms. The van der Waals surface area contributed by atoms with Crippen molar-refractivity contribution < 1.29 is 4.79 Å². The molecule has 1 amide bonds. The van der Waals surface area contributed by atoms with E-state index in [1.54, 1.807) is 11.9 Å². The molecule has 5 heteroatoms. The van der Waals surface area contributed by atoms with Crippen LogP contribution < -0.4 is 4.90 Å². The molecule has 0 aliphatic heterocycles. The molecule has 0 unspecified atom stereocenters. The number of pyridine rings is 1. The molecule has 0 aliphatic rings. The summed E-state index contributed by atoms with van der Waals surface area (Å²) in [5.41, 5.74) is 0.848. The number of hydrogen-bond donors (Lipinski definition) is 0. The molecule has 0 fully saturated rings. The monoisotopic (exact) mass is 348 g/mol. The van der Waals surface area contributed by atoms with E-state index >= 15 is 0 Å². The van der Waals surface area contributed by atoms with Crippen LogP contribution in [0.2, 0.25) is 0 Å². The second-order valence-electron chi connectivity index (χ2n) is 3.77. The first-order chi connectivity index (χ1) is 7.43. The molecule has 1 heterocycles. The highest BCUT2D eigenvalue weighted by Gasteiger charge is 2.16.